The molecule has 1 aliphatic rings. The minimum atomic E-state index is -3.33. The molecule has 19 heavy (non-hydrogen) atoms. The summed E-state index contributed by atoms with van der Waals surface area (Å²) in [7, 11) is -3.33. The molecule has 0 atom stereocenters. The Bertz CT molecular complexity index is 537. The van der Waals surface area contributed by atoms with E-state index < -0.39 is 10.0 Å². The quantitative estimate of drug-likeness (QED) is 0.796. The first-order valence-electron chi connectivity index (χ1n) is 6.49. The molecule has 1 aliphatic heterocycles. The molecule has 0 radical (unpaired) electrons. The predicted molar refractivity (Wildman–Crippen MR) is 80.3 cm³/mol. The van der Waals surface area contributed by atoms with Crippen LogP contribution < -0.4 is 0 Å². The van der Waals surface area contributed by atoms with Crippen LogP contribution in [0.4, 0.5) is 0 Å². The van der Waals surface area contributed by atoms with Crippen LogP contribution in [-0.2, 0) is 15.9 Å². The number of thiophene rings is 1. The van der Waals surface area contributed by atoms with E-state index in [1.807, 2.05) is 5.38 Å². The van der Waals surface area contributed by atoms with Gasteiger partial charge in [-0.1, -0.05) is 13.8 Å². The maximum absolute atomic E-state index is 12.6. The molecule has 0 N–H and O–H groups in total. The van der Waals surface area contributed by atoms with Gasteiger partial charge in [0.15, 0.2) is 0 Å². The zero-order valence-corrected chi connectivity index (χ0v) is 13.7. The van der Waals surface area contributed by atoms with Gasteiger partial charge in [-0.25, -0.2) is 8.42 Å². The Morgan fingerprint density at radius 3 is 2.74 bits per heavy atom. The Morgan fingerprint density at radius 1 is 1.37 bits per heavy atom. The van der Waals surface area contributed by atoms with Crippen LogP contribution in [0.3, 0.4) is 0 Å². The minimum Gasteiger partial charge on any atom is -0.206 e. The van der Waals surface area contributed by atoms with E-state index in [2.05, 4.69) is 13.8 Å². The molecule has 0 spiro atoms. The molecule has 0 amide bonds. The van der Waals surface area contributed by atoms with Crippen LogP contribution >= 0.6 is 22.9 Å². The van der Waals surface area contributed by atoms with Gasteiger partial charge in [0.2, 0.25) is 0 Å². The van der Waals surface area contributed by atoms with Gasteiger partial charge in [-0.2, -0.15) is 4.31 Å². The Hall–Kier alpha value is -0.100. The van der Waals surface area contributed by atoms with Crippen LogP contribution in [0.25, 0.3) is 0 Å². The summed E-state index contributed by atoms with van der Waals surface area (Å²) in [4.78, 5) is 0. The molecule has 0 aliphatic carbocycles. The van der Waals surface area contributed by atoms with E-state index in [-0.39, 0.29) is 5.41 Å². The summed E-state index contributed by atoms with van der Waals surface area (Å²) in [5, 5.41) is 1.82. The van der Waals surface area contributed by atoms with E-state index in [0.29, 0.717) is 23.2 Å². The van der Waals surface area contributed by atoms with Crippen LogP contribution in [0.15, 0.2) is 15.7 Å². The molecule has 108 valence electrons. The van der Waals surface area contributed by atoms with E-state index in [0.717, 1.165) is 24.8 Å². The number of sulfonamides is 1. The minimum absolute atomic E-state index is 0.237. The first-order valence-corrected chi connectivity index (χ1v) is 9.34. The van der Waals surface area contributed by atoms with Crippen LogP contribution in [-0.4, -0.2) is 25.8 Å². The predicted octanol–water partition coefficient (Wildman–Crippen LogP) is 3.69. The molecule has 0 unspecified atom stereocenters. The fourth-order valence-corrected chi connectivity index (χ4v) is 5.41. The van der Waals surface area contributed by atoms with Crippen molar-refractivity contribution < 1.29 is 8.42 Å². The second-order valence-corrected chi connectivity index (χ2v) is 9.17. The topological polar surface area (TPSA) is 37.4 Å². The van der Waals surface area contributed by atoms with Gasteiger partial charge < -0.3 is 0 Å². The molecule has 6 heteroatoms. The summed E-state index contributed by atoms with van der Waals surface area (Å²) in [5.41, 5.74) is 1.11. The summed E-state index contributed by atoms with van der Waals surface area (Å²) in [6.07, 6.45) is 2.93. The number of alkyl halides is 1. The number of halogens is 1. The fourth-order valence-electron chi connectivity index (χ4n) is 2.32. The lowest BCUT2D eigenvalue weighted by Crippen LogP contribution is -2.32. The standard InChI is InChI=1S/C13H20ClNO2S2/c1-13(2)4-3-6-15(7-5-13)19(16,17)12-8-11(9-14)10-18-12/h8,10H,3-7,9H2,1-2H3. The van der Waals surface area contributed by atoms with E-state index in [4.69, 9.17) is 11.6 Å². The van der Waals surface area contributed by atoms with Gasteiger partial charge in [-0.15, -0.1) is 22.9 Å². The van der Waals surface area contributed by atoms with Crippen LogP contribution in [0.1, 0.15) is 38.7 Å². The first kappa shape index (κ1) is 15.3. The van der Waals surface area contributed by atoms with Crippen molar-refractivity contribution in [2.24, 2.45) is 5.41 Å². The molecule has 2 heterocycles. The molecule has 1 aromatic rings. The van der Waals surface area contributed by atoms with Crippen molar-refractivity contribution in [1.82, 2.24) is 4.31 Å². The third-order valence-electron chi connectivity index (χ3n) is 3.68. The molecule has 0 aromatic carbocycles. The molecule has 0 saturated carbocycles. The summed E-state index contributed by atoms with van der Waals surface area (Å²) in [6, 6.07) is 1.70. The molecule has 3 nitrogen and oxygen atoms in total. The fraction of sp³-hybridized carbons (Fsp3) is 0.692. The van der Waals surface area contributed by atoms with Crippen molar-refractivity contribution in [3.8, 4) is 0 Å². The van der Waals surface area contributed by atoms with E-state index in [1.165, 1.54) is 11.3 Å². The molecule has 2 rings (SSSR count). The highest BCUT2D eigenvalue weighted by molar-refractivity contribution is 7.91. The Kier molecular flexibility index (Phi) is 4.60. The third kappa shape index (κ3) is 3.51. The summed E-state index contributed by atoms with van der Waals surface area (Å²) in [5.74, 6) is 0.360. The van der Waals surface area contributed by atoms with E-state index >= 15 is 0 Å². The number of rotatable bonds is 3. The molecular formula is C13H20ClNO2S2. The zero-order valence-electron chi connectivity index (χ0n) is 11.4. The van der Waals surface area contributed by atoms with Gasteiger partial charge in [-0.3, -0.25) is 0 Å². The number of hydrogen-bond donors (Lipinski definition) is 0. The SMILES string of the molecule is CC1(C)CCCN(S(=O)(=O)c2cc(CCl)cs2)CC1. The highest BCUT2D eigenvalue weighted by atomic mass is 35.5. The van der Waals surface area contributed by atoms with Gasteiger partial charge in [-0.05, 0) is 41.7 Å². The summed E-state index contributed by atoms with van der Waals surface area (Å²) >= 11 is 7.01. The van der Waals surface area contributed by atoms with Crippen molar-refractivity contribution in [2.75, 3.05) is 13.1 Å². The van der Waals surface area contributed by atoms with Gasteiger partial charge in [0.05, 0.1) is 0 Å². The lowest BCUT2D eigenvalue weighted by Gasteiger charge is -2.22. The van der Waals surface area contributed by atoms with E-state index in [9.17, 15) is 8.42 Å². The molecular weight excluding hydrogens is 302 g/mol. The first-order chi connectivity index (χ1) is 8.85. The van der Waals surface area contributed by atoms with Crippen molar-refractivity contribution in [2.45, 2.75) is 43.2 Å². The second-order valence-electron chi connectivity index (χ2n) is 5.83. The van der Waals surface area contributed by atoms with Crippen molar-refractivity contribution in [3.05, 3.63) is 17.0 Å². The van der Waals surface area contributed by atoms with Crippen LogP contribution in [0, 0.1) is 5.41 Å². The monoisotopic (exact) mass is 321 g/mol. The maximum Gasteiger partial charge on any atom is 0.252 e. The van der Waals surface area contributed by atoms with Crippen LogP contribution in [0.5, 0.6) is 0 Å². The lowest BCUT2D eigenvalue weighted by molar-refractivity contribution is 0.315. The molecule has 1 fully saturated rings. The van der Waals surface area contributed by atoms with Gasteiger partial charge in [0.1, 0.15) is 4.21 Å². The van der Waals surface area contributed by atoms with Crippen LogP contribution in [0.2, 0.25) is 0 Å². The molecule has 1 saturated heterocycles. The second kappa shape index (κ2) is 5.72. The average molecular weight is 322 g/mol. The Morgan fingerprint density at radius 2 is 2.11 bits per heavy atom. The molecule has 0 bridgehead atoms. The molecule has 1 aromatic heterocycles. The Labute approximate surface area is 124 Å². The number of nitrogens with zero attached hydrogens (tertiary/aromatic N) is 1. The number of hydrogen-bond acceptors (Lipinski definition) is 3. The summed E-state index contributed by atoms with van der Waals surface area (Å²) < 4.78 is 27.2. The van der Waals surface area contributed by atoms with Gasteiger partial charge in [0.25, 0.3) is 10.0 Å². The maximum atomic E-state index is 12.6. The zero-order chi connectivity index (χ0) is 14.1. The van der Waals surface area contributed by atoms with Crippen molar-refractivity contribution in [1.29, 1.82) is 0 Å². The van der Waals surface area contributed by atoms with E-state index in [1.54, 1.807) is 10.4 Å². The summed E-state index contributed by atoms with van der Waals surface area (Å²) in [6.45, 7) is 5.66. The highest BCUT2D eigenvalue weighted by Crippen LogP contribution is 2.33. The van der Waals surface area contributed by atoms with Gasteiger partial charge >= 0.3 is 0 Å². The highest BCUT2D eigenvalue weighted by Gasteiger charge is 2.31. The lowest BCUT2D eigenvalue weighted by atomic mass is 9.85. The average Bonchev–Trinajstić information content (AvgIpc) is 2.75. The largest absolute Gasteiger partial charge is 0.252 e. The third-order valence-corrected chi connectivity index (χ3v) is 7.35. The van der Waals surface area contributed by atoms with Crippen molar-refractivity contribution in [3.63, 3.8) is 0 Å². The Balaban J connectivity index is 2.20. The smallest absolute Gasteiger partial charge is 0.206 e. The van der Waals surface area contributed by atoms with Gasteiger partial charge in [0, 0.05) is 19.0 Å². The normalized spacial score (nSPS) is 21.2. The van der Waals surface area contributed by atoms with Crippen molar-refractivity contribution >= 4 is 33.0 Å².